The van der Waals surface area contributed by atoms with Crippen LogP contribution in [0.15, 0.2) is 29.3 Å². The van der Waals surface area contributed by atoms with Crippen molar-refractivity contribution in [3.05, 3.63) is 45.6 Å². The van der Waals surface area contributed by atoms with Crippen molar-refractivity contribution < 1.29 is 4.74 Å². The van der Waals surface area contributed by atoms with E-state index in [0.717, 1.165) is 18.4 Å². The molecule has 26 heavy (non-hydrogen) atoms. The molecule has 0 bridgehead atoms. The maximum Gasteiger partial charge on any atom is 0.273 e. The number of nitrogens with zero attached hydrogens (tertiary/aromatic N) is 4. The van der Waals surface area contributed by atoms with Crippen molar-refractivity contribution in [3.63, 3.8) is 0 Å². The number of ether oxygens (including phenoxy) is 1. The van der Waals surface area contributed by atoms with E-state index < -0.39 is 0 Å². The minimum Gasteiger partial charge on any atom is -0.497 e. The second-order valence-electron chi connectivity index (χ2n) is 6.69. The van der Waals surface area contributed by atoms with Gasteiger partial charge >= 0.3 is 0 Å². The first-order valence-electron chi connectivity index (χ1n) is 8.59. The fourth-order valence-electron chi connectivity index (χ4n) is 3.31. The molecule has 0 saturated heterocycles. The molecule has 134 valence electrons. The molecule has 1 aromatic carbocycles. The maximum atomic E-state index is 12.8. The summed E-state index contributed by atoms with van der Waals surface area (Å²) in [5, 5.41) is 0.511. The van der Waals surface area contributed by atoms with Crippen molar-refractivity contribution in [1.29, 1.82) is 0 Å². The lowest BCUT2D eigenvalue weighted by Gasteiger charge is -2.18. The Morgan fingerprint density at radius 1 is 1.31 bits per heavy atom. The molecule has 4 rings (SSSR count). The van der Waals surface area contributed by atoms with E-state index in [1.807, 2.05) is 12.1 Å². The van der Waals surface area contributed by atoms with Gasteiger partial charge in [-0.05, 0) is 50.8 Å². The molecule has 1 aliphatic rings. The SMILES string of the molecule is COc1ccc(-c2ncnc3c2nc(C)c(=O)n3C(C)C2CC2)c(Cl)c1. The maximum absolute atomic E-state index is 12.8. The van der Waals surface area contributed by atoms with Gasteiger partial charge in [-0.1, -0.05) is 11.6 Å². The molecule has 1 aliphatic carbocycles. The minimum atomic E-state index is -0.0950. The van der Waals surface area contributed by atoms with Crippen molar-refractivity contribution in [3.8, 4) is 17.0 Å². The molecule has 1 fully saturated rings. The average molecular weight is 371 g/mol. The summed E-state index contributed by atoms with van der Waals surface area (Å²) < 4.78 is 6.98. The van der Waals surface area contributed by atoms with Crippen molar-refractivity contribution in [2.24, 2.45) is 5.92 Å². The largest absolute Gasteiger partial charge is 0.497 e. The van der Waals surface area contributed by atoms with Gasteiger partial charge in [-0.25, -0.2) is 15.0 Å². The topological polar surface area (TPSA) is 69.9 Å². The van der Waals surface area contributed by atoms with Crippen molar-refractivity contribution in [2.45, 2.75) is 32.7 Å². The first kappa shape index (κ1) is 17.0. The molecule has 0 radical (unpaired) electrons. The molecule has 0 aliphatic heterocycles. The van der Waals surface area contributed by atoms with E-state index in [0.29, 0.717) is 39.2 Å². The van der Waals surface area contributed by atoms with Crippen LogP contribution in [0, 0.1) is 12.8 Å². The Kier molecular flexibility index (Phi) is 4.15. The fraction of sp³-hybridized carbons (Fsp3) is 0.368. The van der Waals surface area contributed by atoms with Gasteiger partial charge in [0.2, 0.25) is 0 Å². The number of methoxy groups -OCH3 is 1. The van der Waals surface area contributed by atoms with E-state index in [9.17, 15) is 4.79 Å². The van der Waals surface area contributed by atoms with Crippen LogP contribution in [-0.2, 0) is 0 Å². The molecule has 0 N–H and O–H groups in total. The lowest BCUT2D eigenvalue weighted by Crippen LogP contribution is -2.28. The smallest absolute Gasteiger partial charge is 0.273 e. The van der Waals surface area contributed by atoms with E-state index in [2.05, 4.69) is 21.9 Å². The zero-order valence-corrected chi connectivity index (χ0v) is 15.6. The van der Waals surface area contributed by atoms with Crippen molar-refractivity contribution in [1.82, 2.24) is 19.5 Å². The van der Waals surface area contributed by atoms with E-state index in [-0.39, 0.29) is 11.6 Å². The van der Waals surface area contributed by atoms with E-state index >= 15 is 0 Å². The first-order chi connectivity index (χ1) is 12.5. The minimum absolute atomic E-state index is 0.0841. The van der Waals surface area contributed by atoms with Crippen molar-refractivity contribution >= 4 is 22.8 Å². The van der Waals surface area contributed by atoms with Crippen LogP contribution in [0.2, 0.25) is 5.02 Å². The molecule has 7 heteroatoms. The second kappa shape index (κ2) is 6.36. The zero-order valence-electron chi connectivity index (χ0n) is 14.9. The lowest BCUT2D eigenvalue weighted by atomic mass is 10.1. The van der Waals surface area contributed by atoms with Crippen LogP contribution in [0.1, 0.15) is 31.5 Å². The zero-order chi connectivity index (χ0) is 18.4. The third-order valence-corrected chi connectivity index (χ3v) is 5.29. The summed E-state index contributed by atoms with van der Waals surface area (Å²) in [7, 11) is 1.59. The second-order valence-corrected chi connectivity index (χ2v) is 7.10. The van der Waals surface area contributed by atoms with Crippen LogP contribution >= 0.6 is 11.6 Å². The number of hydrogen-bond donors (Lipinski definition) is 0. The number of aryl methyl sites for hydroxylation is 1. The summed E-state index contributed by atoms with van der Waals surface area (Å²) in [5.41, 5.74) is 2.83. The molecular formula is C19H19ClN4O2. The third kappa shape index (κ3) is 2.74. The predicted molar refractivity (Wildman–Crippen MR) is 101 cm³/mol. The molecule has 2 heterocycles. The van der Waals surface area contributed by atoms with E-state index in [1.165, 1.54) is 6.33 Å². The van der Waals surface area contributed by atoms with Crippen molar-refractivity contribution in [2.75, 3.05) is 7.11 Å². The van der Waals surface area contributed by atoms with Crippen LogP contribution in [-0.4, -0.2) is 26.6 Å². The highest BCUT2D eigenvalue weighted by Crippen LogP contribution is 2.40. The molecule has 1 saturated carbocycles. The van der Waals surface area contributed by atoms with Gasteiger partial charge in [-0.2, -0.15) is 0 Å². The number of rotatable bonds is 4. The lowest BCUT2D eigenvalue weighted by molar-refractivity contribution is 0.415. The Bertz CT molecular complexity index is 1060. The Hall–Kier alpha value is -2.47. The Morgan fingerprint density at radius 2 is 2.08 bits per heavy atom. The molecule has 2 aromatic heterocycles. The summed E-state index contributed by atoms with van der Waals surface area (Å²) in [6.07, 6.45) is 3.74. The predicted octanol–water partition coefficient (Wildman–Crippen LogP) is 3.79. The normalized spacial score (nSPS) is 15.2. The van der Waals surface area contributed by atoms with Gasteiger partial charge in [-0.3, -0.25) is 9.36 Å². The summed E-state index contributed by atoms with van der Waals surface area (Å²) in [4.78, 5) is 26.1. The first-order valence-corrected chi connectivity index (χ1v) is 8.96. The molecule has 1 unspecified atom stereocenters. The highest BCUT2D eigenvalue weighted by atomic mass is 35.5. The quantitative estimate of drug-likeness (QED) is 0.698. The van der Waals surface area contributed by atoms with Crippen LogP contribution in [0.5, 0.6) is 5.75 Å². The Morgan fingerprint density at radius 3 is 2.73 bits per heavy atom. The highest BCUT2D eigenvalue weighted by molar-refractivity contribution is 6.33. The number of hydrogen-bond acceptors (Lipinski definition) is 5. The van der Waals surface area contributed by atoms with Crippen LogP contribution in [0.3, 0.4) is 0 Å². The molecule has 3 aromatic rings. The summed E-state index contributed by atoms with van der Waals surface area (Å²) in [6.45, 7) is 3.80. The Labute approximate surface area is 155 Å². The molecule has 6 nitrogen and oxygen atoms in total. The van der Waals surface area contributed by atoms with Gasteiger partial charge in [0, 0.05) is 11.6 Å². The number of aromatic nitrogens is 4. The highest BCUT2D eigenvalue weighted by Gasteiger charge is 2.31. The van der Waals surface area contributed by atoms with Crippen LogP contribution in [0.4, 0.5) is 0 Å². The third-order valence-electron chi connectivity index (χ3n) is 4.98. The molecular weight excluding hydrogens is 352 g/mol. The molecule has 0 amide bonds. The summed E-state index contributed by atoms with van der Waals surface area (Å²) >= 11 is 6.44. The van der Waals surface area contributed by atoms with E-state index in [4.69, 9.17) is 16.3 Å². The number of halogens is 1. The van der Waals surface area contributed by atoms with Gasteiger partial charge in [0.05, 0.1) is 12.1 Å². The summed E-state index contributed by atoms with van der Waals surface area (Å²) in [5.74, 6) is 1.18. The van der Waals surface area contributed by atoms with Gasteiger partial charge < -0.3 is 4.74 Å². The monoisotopic (exact) mass is 370 g/mol. The van der Waals surface area contributed by atoms with Gasteiger partial charge in [0.15, 0.2) is 5.65 Å². The van der Waals surface area contributed by atoms with Gasteiger partial charge in [0.25, 0.3) is 5.56 Å². The molecule has 0 spiro atoms. The summed E-state index contributed by atoms with van der Waals surface area (Å²) in [6, 6.07) is 5.49. The fourth-order valence-corrected chi connectivity index (χ4v) is 3.57. The van der Waals surface area contributed by atoms with E-state index in [1.54, 1.807) is 24.7 Å². The van der Waals surface area contributed by atoms with Gasteiger partial charge in [-0.15, -0.1) is 0 Å². The Balaban J connectivity index is 1.99. The van der Waals surface area contributed by atoms with Crippen LogP contribution < -0.4 is 10.3 Å². The van der Waals surface area contributed by atoms with Crippen LogP contribution in [0.25, 0.3) is 22.4 Å². The number of fused-ring (bicyclic) bond motifs is 1. The average Bonchev–Trinajstić information content (AvgIpc) is 3.47. The standard InChI is InChI=1S/C19H19ClN4O2/c1-10-19(25)24(11(2)12-4-5-12)18-17(23-10)16(21-9-22-18)14-7-6-13(26-3)8-15(14)20/h6-9,11-12H,4-5H2,1-3H3. The number of benzene rings is 1. The van der Waals surface area contributed by atoms with Gasteiger partial charge in [0.1, 0.15) is 29.0 Å². The molecule has 1 atom stereocenters.